The monoisotopic (exact) mass is 660 g/mol. The van der Waals surface area contributed by atoms with Crippen LogP contribution in [0.25, 0.3) is 0 Å². The lowest BCUT2D eigenvalue weighted by Gasteiger charge is -2.60. The molecule has 8 heteroatoms. The van der Waals surface area contributed by atoms with Crippen LogP contribution in [-0.2, 0) is 38.1 Å². The minimum Gasteiger partial charge on any atom is -0.483 e. The maximum absolute atomic E-state index is 13.2. The van der Waals surface area contributed by atoms with E-state index < -0.39 is 22.0 Å². The maximum Gasteiger partial charge on any atom is 0.331 e. The zero-order valence-corrected chi connectivity index (χ0v) is 30.0. The van der Waals surface area contributed by atoms with Gasteiger partial charge >= 0.3 is 11.9 Å². The normalized spacial score (nSPS) is 31.5. The number of cyclic esters (lactones) is 2. The lowest BCUT2D eigenvalue weighted by Crippen LogP contribution is -2.54. The molecule has 0 radical (unpaired) electrons. The van der Waals surface area contributed by atoms with Crippen LogP contribution in [0.4, 0.5) is 0 Å². The lowest BCUT2D eigenvalue weighted by atomic mass is 9.44. The third-order valence-electron chi connectivity index (χ3n) is 10.9. The zero-order chi connectivity index (χ0) is 35.1. The number of ether oxygens (including phenoxy) is 4. The highest BCUT2D eigenvalue weighted by atomic mass is 16.5. The molecule has 4 heterocycles. The van der Waals surface area contributed by atoms with Gasteiger partial charge in [0.05, 0.1) is 0 Å². The van der Waals surface area contributed by atoms with Gasteiger partial charge in [-0.05, 0) is 119 Å². The van der Waals surface area contributed by atoms with E-state index in [1.165, 1.54) is 0 Å². The molecule has 0 aromatic heterocycles. The molecule has 0 aromatic carbocycles. The largest absolute Gasteiger partial charge is 0.483 e. The highest BCUT2D eigenvalue weighted by Gasteiger charge is 2.66. The van der Waals surface area contributed by atoms with Gasteiger partial charge in [0, 0.05) is 48.0 Å². The van der Waals surface area contributed by atoms with Gasteiger partial charge in [-0.25, -0.2) is 9.59 Å². The first kappa shape index (κ1) is 35.6. The molecule has 1 aliphatic carbocycles. The fourth-order valence-corrected chi connectivity index (χ4v) is 8.12. The van der Waals surface area contributed by atoms with Crippen LogP contribution in [0.5, 0.6) is 0 Å². The quantitative estimate of drug-likeness (QED) is 0.153. The number of esters is 2. The molecule has 4 aliphatic heterocycles. The molecular formula is C40H52O8. The molecule has 0 N–H and O–H groups in total. The minimum absolute atomic E-state index is 0.0563. The highest BCUT2D eigenvalue weighted by molar-refractivity contribution is 6.00. The molecule has 0 amide bonds. The predicted octanol–water partition coefficient (Wildman–Crippen LogP) is 8.03. The Morgan fingerprint density at radius 2 is 1.04 bits per heavy atom. The van der Waals surface area contributed by atoms with Gasteiger partial charge in [-0.1, -0.05) is 22.3 Å². The van der Waals surface area contributed by atoms with Crippen molar-refractivity contribution in [2.24, 2.45) is 10.8 Å². The summed E-state index contributed by atoms with van der Waals surface area (Å²) in [7, 11) is 0. The van der Waals surface area contributed by atoms with Gasteiger partial charge in [-0.15, -0.1) is 0 Å². The highest BCUT2D eigenvalue weighted by Crippen LogP contribution is 2.71. The molecule has 260 valence electrons. The summed E-state index contributed by atoms with van der Waals surface area (Å²) in [6.45, 7) is 15.3. The molecule has 0 saturated heterocycles. The summed E-state index contributed by atoms with van der Waals surface area (Å²) in [6, 6.07) is 0. The third kappa shape index (κ3) is 7.18. The fraction of sp³-hybridized carbons (Fsp3) is 0.600. The van der Waals surface area contributed by atoms with Crippen molar-refractivity contribution in [1.29, 1.82) is 0 Å². The lowest BCUT2D eigenvalue weighted by molar-refractivity contribution is -0.145. The summed E-state index contributed by atoms with van der Waals surface area (Å²) in [6.07, 6.45) is 17.7. The SMILES string of the molecule is CC1=CC(=O)O[C@H](/C=C(\C)CCC[C@@]2(C3=CC(=O)C(C)(C)O3)CC[C@@]2(CCC/C(C)=C/[C@@H]2CC(C)=CC(=O)O2)C2=CC(=O)C(C)(C)O2)C1. The van der Waals surface area contributed by atoms with Crippen molar-refractivity contribution in [2.45, 2.75) is 143 Å². The van der Waals surface area contributed by atoms with E-state index in [0.29, 0.717) is 24.4 Å². The number of allylic oxidation sites excluding steroid dienone is 4. The molecule has 0 unspecified atom stereocenters. The number of ketones is 2. The fourth-order valence-electron chi connectivity index (χ4n) is 8.12. The van der Waals surface area contributed by atoms with Crippen LogP contribution in [0, 0.1) is 10.8 Å². The van der Waals surface area contributed by atoms with E-state index in [1.807, 2.05) is 53.7 Å². The topological polar surface area (TPSA) is 105 Å². The van der Waals surface area contributed by atoms with Crippen LogP contribution in [-0.4, -0.2) is 46.9 Å². The average molecular weight is 661 g/mol. The molecule has 5 aliphatic rings. The van der Waals surface area contributed by atoms with Crippen molar-refractivity contribution in [3.8, 4) is 0 Å². The van der Waals surface area contributed by atoms with Gasteiger partial charge in [0.2, 0.25) is 11.6 Å². The first-order valence-corrected chi connectivity index (χ1v) is 17.5. The first-order chi connectivity index (χ1) is 22.4. The molecule has 48 heavy (non-hydrogen) atoms. The second kappa shape index (κ2) is 13.3. The van der Waals surface area contributed by atoms with E-state index in [0.717, 1.165) is 73.7 Å². The van der Waals surface area contributed by atoms with E-state index >= 15 is 0 Å². The Bertz CT molecular complexity index is 1450. The van der Waals surface area contributed by atoms with Crippen molar-refractivity contribution >= 4 is 23.5 Å². The van der Waals surface area contributed by atoms with E-state index in [1.54, 1.807) is 24.3 Å². The Balaban J connectivity index is 1.41. The van der Waals surface area contributed by atoms with Gasteiger partial charge < -0.3 is 18.9 Å². The standard InChI is InChI=1S/C40H52O8/c1-25(17-29-19-27(3)21-35(43)45-29)11-9-13-39(33-23-31(41)37(5,6)47-33)15-16-40(39,34-24-32(42)38(7,8)48-34)14-10-12-26(2)18-30-20-28(4)22-36(44)46-30/h17-18,21-24,29-30H,9-16,19-20H2,1-8H3/b25-17+,26-18+/t29-,30-,39+,40+/m1/s1. The Labute approximate surface area is 285 Å². The number of hydrogen-bond acceptors (Lipinski definition) is 8. The van der Waals surface area contributed by atoms with Crippen LogP contribution in [0.1, 0.15) is 120 Å². The molecule has 5 rings (SSSR count). The smallest absolute Gasteiger partial charge is 0.331 e. The van der Waals surface area contributed by atoms with Gasteiger partial charge in [-0.2, -0.15) is 0 Å². The van der Waals surface area contributed by atoms with Gasteiger partial charge in [0.15, 0.2) is 11.2 Å². The first-order valence-electron chi connectivity index (χ1n) is 17.5. The Morgan fingerprint density at radius 1 is 0.667 bits per heavy atom. The summed E-state index contributed by atoms with van der Waals surface area (Å²) >= 11 is 0. The zero-order valence-electron chi connectivity index (χ0n) is 30.0. The van der Waals surface area contributed by atoms with E-state index in [9.17, 15) is 19.2 Å². The van der Waals surface area contributed by atoms with Crippen molar-refractivity contribution < 1.29 is 38.1 Å². The molecule has 8 nitrogen and oxygen atoms in total. The van der Waals surface area contributed by atoms with Crippen molar-refractivity contribution in [3.05, 3.63) is 70.3 Å². The van der Waals surface area contributed by atoms with E-state index in [-0.39, 0.29) is 35.7 Å². The third-order valence-corrected chi connectivity index (χ3v) is 10.9. The second-order valence-electron chi connectivity index (χ2n) is 15.7. The predicted molar refractivity (Wildman–Crippen MR) is 182 cm³/mol. The van der Waals surface area contributed by atoms with Crippen molar-refractivity contribution in [1.82, 2.24) is 0 Å². The minimum atomic E-state index is -0.959. The summed E-state index contributed by atoms with van der Waals surface area (Å²) < 4.78 is 24.1. The molecular weight excluding hydrogens is 608 g/mol. The number of carbonyl (C=O) groups is 4. The Hall–Kier alpha value is -3.68. The summed E-state index contributed by atoms with van der Waals surface area (Å²) in [5, 5.41) is 0. The van der Waals surface area contributed by atoms with Crippen LogP contribution in [0.15, 0.2) is 70.3 Å². The number of carbonyl (C=O) groups excluding carboxylic acids is 4. The maximum atomic E-state index is 13.2. The van der Waals surface area contributed by atoms with Crippen molar-refractivity contribution in [3.63, 3.8) is 0 Å². The summed E-state index contributed by atoms with van der Waals surface area (Å²) in [5.41, 5.74) is 1.32. The summed E-state index contributed by atoms with van der Waals surface area (Å²) in [4.78, 5) is 50.3. The number of hydrogen-bond donors (Lipinski definition) is 0. The van der Waals surface area contributed by atoms with Gasteiger partial charge in [0.1, 0.15) is 23.7 Å². The van der Waals surface area contributed by atoms with Crippen LogP contribution >= 0.6 is 0 Å². The number of rotatable bonds is 12. The van der Waals surface area contributed by atoms with Gasteiger partial charge in [0.25, 0.3) is 0 Å². The van der Waals surface area contributed by atoms with Crippen LogP contribution < -0.4 is 0 Å². The molecule has 1 fully saturated rings. The van der Waals surface area contributed by atoms with Crippen LogP contribution in [0.2, 0.25) is 0 Å². The molecule has 1 saturated carbocycles. The van der Waals surface area contributed by atoms with E-state index in [2.05, 4.69) is 13.8 Å². The molecule has 0 spiro atoms. The van der Waals surface area contributed by atoms with Crippen molar-refractivity contribution in [2.75, 3.05) is 0 Å². The Kier molecular flexibility index (Phi) is 9.89. The van der Waals surface area contributed by atoms with Gasteiger partial charge in [-0.3, -0.25) is 9.59 Å². The van der Waals surface area contributed by atoms with Crippen LogP contribution in [0.3, 0.4) is 0 Å². The average Bonchev–Trinajstić information content (AvgIpc) is 3.38. The molecule has 4 atom stereocenters. The second-order valence-corrected chi connectivity index (χ2v) is 15.7. The molecule has 0 bridgehead atoms. The summed E-state index contributed by atoms with van der Waals surface area (Å²) in [5.74, 6) is 0.666. The molecule has 0 aromatic rings. The Morgan fingerprint density at radius 3 is 1.33 bits per heavy atom. The van der Waals surface area contributed by atoms with E-state index in [4.69, 9.17) is 18.9 Å².